The maximum Gasteiger partial charge on any atom is 0.275 e. The van der Waals surface area contributed by atoms with Crippen LogP contribution in [0.4, 0.5) is 27.6 Å². The highest BCUT2D eigenvalue weighted by Crippen LogP contribution is 2.48. The van der Waals surface area contributed by atoms with Crippen LogP contribution in [0.2, 0.25) is 0 Å². The third-order valence-electron chi connectivity index (χ3n) is 3.72. The number of nitrogens with one attached hydrogen (secondary N) is 1. The summed E-state index contributed by atoms with van der Waals surface area (Å²) in [5.74, 6) is -5.00. The number of piperidine rings is 1. The van der Waals surface area contributed by atoms with Gasteiger partial charge in [0.1, 0.15) is 11.4 Å². The van der Waals surface area contributed by atoms with Gasteiger partial charge in [0.05, 0.1) is 9.91 Å². The van der Waals surface area contributed by atoms with E-state index in [4.69, 9.17) is 12.2 Å². The number of non-ortho nitro benzene ring substituents is 1. The SMILES string of the molecule is O=[N+]([O-])c1ccc(F)c([C@]2(CC(F)F)NC(=S)CCC2(F)F)c1. The van der Waals surface area contributed by atoms with Crippen LogP contribution in [0.15, 0.2) is 18.2 Å². The molecule has 1 fully saturated rings. The largest absolute Gasteiger partial charge is 0.365 e. The Balaban J connectivity index is 2.69. The van der Waals surface area contributed by atoms with E-state index in [1.165, 1.54) is 0 Å². The molecule has 0 radical (unpaired) electrons. The first-order valence-corrected chi connectivity index (χ1v) is 6.91. The van der Waals surface area contributed by atoms with Crippen molar-refractivity contribution in [1.82, 2.24) is 5.32 Å². The molecule has 4 nitrogen and oxygen atoms in total. The van der Waals surface area contributed by atoms with Gasteiger partial charge in [-0.05, 0) is 6.07 Å². The lowest BCUT2D eigenvalue weighted by Crippen LogP contribution is -2.62. The maximum absolute atomic E-state index is 14.5. The molecule has 1 aromatic rings. The number of alkyl halides is 4. The fourth-order valence-electron chi connectivity index (χ4n) is 2.64. The third kappa shape index (κ3) is 3.12. The van der Waals surface area contributed by atoms with Gasteiger partial charge >= 0.3 is 0 Å². The fourth-order valence-corrected chi connectivity index (χ4v) is 2.91. The van der Waals surface area contributed by atoms with E-state index in [2.05, 4.69) is 5.32 Å². The van der Waals surface area contributed by atoms with Gasteiger partial charge in [-0.15, -0.1) is 0 Å². The van der Waals surface area contributed by atoms with Gasteiger partial charge in [0.2, 0.25) is 6.43 Å². The van der Waals surface area contributed by atoms with Gasteiger partial charge in [0.15, 0.2) is 0 Å². The highest BCUT2D eigenvalue weighted by Gasteiger charge is 2.59. The van der Waals surface area contributed by atoms with Crippen molar-refractivity contribution in [1.29, 1.82) is 0 Å². The van der Waals surface area contributed by atoms with Crippen LogP contribution in [0.1, 0.15) is 24.8 Å². The van der Waals surface area contributed by atoms with Crippen LogP contribution in [0.5, 0.6) is 0 Å². The van der Waals surface area contributed by atoms with Crippen molar-refractivity contribution >= 4 is 22.9 Å². The Morgan fingerprint density at radius 2 is 2.04 bits per heavy atom. The van der Waals surface area contributed by atoms with E-state index < -0.39 is 52.7 Å². The second kappa shape index (κ2) is 5.99. The number of rotatable bonds is 4. The fraction of sp³-hybridized carbons (Fsp3) is 0.462. The molecule has 0 aromatic heterocycles. The van der Waals surface area contributed by atoms with E-state index in [0.717, 1.165) is 6.07 Å². The Morgan fingerprint density at radius 3 is 2.61 bits per heavy atom. The predicted octanol–water partition coefficient (Wildman–Crippen LogP) is 3.93. The molecule has 0 bridgehead atoms. The first-order valence-electron chi connectivity index (χ1n) is 6.50. The van der Waals surface area contributed by atoms with Crippen LogP contribution in [-0.4, -0.2) is 22.3 Å². The summed E-state index contributed by atoms with van der Waals surface area (Å²) in [6.45, 7) is 0. The molecular formula is C13H11F5N2O2S. The number of hydrogen-bond acceptors (Lipinski definition) is 3. The third-order valence-corrected chi connectivity index (χ3v) is 4.03. The molecule has 0 amide bonds. The average molecular weight is 354 g/mol. The molecule has 1 aliphatic rings. The van der Waals surface area contributed by atoms with E-state index in [-0.39, 0.29) is 11.4 Å². The monoisotopic (exact) mass is 354 g/mol. The first kappa shape index (κ1) is 17.5. The molecule has 0 saturated carbocycles. The number of benzene rings is 1. The Bertz CT molecular complexity index is 655. The zero-order valence-corrected chi connectivity index (χ0v) is 12.3. The summed E-state index contributed by atoms with van der Waals surface area (Å²) in [7, 11) is 0. The van der Waals surface area contributed by atoms with Crippen molar-refractivity contribution in [2.75, 3.05) is 0 Å². The summed E-state index contributed by atoms with van der Waals surface area (Å²) < 4.78 is 68.9. The highest BCUT2D eigenvalue weighted by molar-refractivity contribution is 7.80. The quantitative estimate of drug-likeness (QED) is 0.385. The van der Waals surface area contributed by atoms with Gasteiger partial charge in [-0.2, -0.15) is 0 Å². The lowest BCUT2D eigenvalue weighted by Gasteiger charge is -2.45. The molecular weight excluding hydrogens is 343 g/mol. The van der Waals surface area contributed by atoms with Gasteiger partial charge in [-0.3, -0.25) is 10.1 Å². The van der Waals surface area contributed by atoms with Crippen LogP contribution >= 0.6 is 12.2 Å². The smallest absolute Gasteiger partial charge is 0.275 e. The molecule has 2 rings (SSSR count). The minimum atomic E-state index is -3.76. The molecule has 0 spiro atoms. The first-order chi connectivity index (χ1) is 10.6. The summed E-state index contributed by atoms with van der Waals surface area (Å²) in [6, 6.07) is 1.93. The van der Waals surface area contributed by atoms with Gasteiger partial charge in [0.25, 0.3) is 11.6 Å². The number of nitro groups is 1. The molecule has 1 atom stereocenters. The Morgan fingerprint density at radius 1 is 1.39 bits per heavy atom. The zero-order chi connectivity index (χ0) is 17.4. The molecule has 0 aliphatic carbocycles. The number of hydrogen-bond donors (Lipinski definition) is 1. The molecule has 10 heteroatoms. The van der Waals surface area contributed by atoms with Crippen molar-refractivity contribution in [2.45, 2.75) is 37.1 Å². The second-order valence-corrected chi connectivity index (χ2v) is 5.67. The van der Waals surface area contributed by atoms with Crippen molar-refractivity contribution < 1.29 is 26.9 Å². The van der Waals surface area contributed by atoms with E-state index in [1.54, 1.807) is 0 Å². The van der Waals surface area contributed by atoms with E-state index in [0.29, 0.717) is 12.1 Å². The Kier molecular flexibility index (Phi) is 4.56. The molecule has 1 saturated heterocycles. The molecule has 1 heterocycles. The van der Waals surface area contributed by atoms with Crippen LogP contribution in [0.3, 0.4) is 0 Å². The number of nitro benzene ring substituents is 1. The number of nitrogens with zero attached hydrogens (tertiary/aromatic N) is 1. The Hall–Kier alpha value is -1.84. The normalized spacial score (nSPS) is 23.7. The van der Waals surface area contributed by atoms with Crippen LogP contribution in [-0.2, 0) is 5.54 Å². The number of halogens is 5. The van der Waals surface area contributed by atoms with Crippen LogP contribution in [0.25, 0.3) is 0 Å². The summed E-state index contributed by atoms with van der Waals surface area (Å²) >= 11 is 4.79. The molecule has 1 aromatic carbocycles. The zero-order valence-electron chi connectivity index (χ0n) is 11.5. The molecule has 0 unspecified atom stereocenters. The second-order valence-electron chi connectivity index (χ2n) is 5.17. The van der Waals surface area contributed by atoms with Crippen molar-refractivity contribution in [3.63, 3.8) is 0 Å². The minimum absolute atomic E-state index is 0.123. The van der Waals surface area contributed by atoms with Crippen LogP contribution in [0, 0.1) is 15.9 Å². The maximum atomic E-state index is 14.5. The topological polar surface area (TPSA) is 55.2 Å². The van der Waals surface area contributed by atoms with E-state index in [1.807, 2.05) is 0 Å². The highest BCUT2D eigenvalue weighted by atomic mass is 32.1. The van der Waals surface area contributed by atoms with Gasteiger partial charge < -0.3 is 5.32 Å². The van der Waals surface area contributed by atoms with Crippen molar-refractivity contribution in [2.24, 2.45) is 0 Å². The van der Waals surface area contributed by atoms with Crippen LogP contribution < -0.4 is 5.32 Å². The Labute approximate surface area is 132 Å². The summed E-state index contributed by atoms with van der Waals surface area (Å²) in [6.07, 6.45) is -5.73. The lowest BCUT2D eigenvalue weighted by atomic mass is 9.76. The molecule has 1 N–H and O–H groups in total. The van der Waals surface area contributed by atoms with Gasteiger partial charge in [0, 0.05) is 37.0 Å². The lowest BCUT2D eigenvalue weighted by molar-refractivity contribution is -0.385. The molecule has 1 aliphatic heterocycles. The van der Waals surface area contributed by atoms with Crippen molar-refractivity contribution in [3.05, 3.63) is 39.7 Å². The predicted molar refractivity (Wildman–Crippen MR) is 75.3 cm³/mol. The van der Waals surface area contributed by atoms with Gasteiger partial charge in [-0.1, -0.05) is 12.2 Å². The van der Waals surface area contributed by atoms with Gasteiger partial charge in [-0.25, -0.2) is 22.0 Å². The summed E-state index contributed by atoms with van der Waals surface area (Å²) in [5.41, 5.74) is -4.39. The molecule has 126 valence electrons. The van der Waals surface area contributed by atoms with E-state index >= 15 is 0 Å². The number of thiocarbonyl (C=S) groups is 1. The van der Waals surface area contributed by atoms with E-state index in [9.17, 15) is 32.1 Å². The average Bonchev–Trinajstić information content (AvgIpc) is 2.43. The minimum Gasteiger partial charge on any atom is -0.365 e. The summed E-state index contributed by atoms with van der Waals surface area (Å²) in [4.78, 5) is 9.76. The van der Waals surface area contributed by atoms with Crippen molar-refractivity contribution in [3.8, 4) is 0 Å². The standard InChI is InChI=1S/C13H11F5N2O2S/c14-9-2-1-7(20(21)22)5-8(9)12(6-10(15)16)13(17,18)4-3-11(23)19-12/h1-2,5,10H,3-4,6H2,(H,19,23)/t12-/m0/s1. The molecule has 23 heavy (non-hydrogen) atoms. The summed E-state index contributed by atoms with van der Waals surface area (Å²) in [5, 5.41) is 12.9.